The number of rotatable bonds is 7. The zero-order valence-electron chi connectivity index (χ0n) is 15.1. The highest BCUT2D eigenvalue weighted by Gasteiger charge is 2.29. The van der Waals surface area contributed by atoms with Gasteiger partial charge in [0.1, 0.15) is 0 Å². The molecular weight excluding hydrogens is 347 g/mol. The standard InChI is InChI=1S/C19H22F3NO3/c1-12(14-9-16(24-2)18(26-4)17(10-14)25-3)23-11-13-5-7-15(8-6-13)19(20,21)22/h5-10,12,23H,11H2,1-4H3. The van der Waals surface area contributed by atoms with Crippen LogP contribution >= 0.6 is 0 Å². The Morgan fingerprint density at radius 3 is 1.88 bits per heavy atom. The van der Waals surface area contributed by atoms with Gasteiger partial charge >= 0.3 is 6.18 Å². The minimum Gasteiger partial charge on any atom is -0.493 e. The van der Waals surface area contributed by atoms with Gasteiger partial charge in [-0.25, -0.2) is 0 Å². The van der Waals surface area contributed by atoms with Crippen molar-refractivity contribution in [3.63, 3.8) is 0 Å². The second-order valence-corrected chi connectivity index (χ2v) is 5.76. The highest BCUT2D eigenvalue weighted by atomic mass is 19.4. The highest BCUT2D eigenvalue weighted by molar-refractivity contribution is 5.54. The largest absolute Gasteiger partial charge is 0.493 e. The van der Waals surface area contributed by atoms with E-state index in [0.717, 1.165) is 23.3 Å². The lowest BCUT2D eigenvalue weighted by Gasteiger charge is -2.19. The van der Waals surface area contributed by atoms with Gasteiger partial charge < -0.3 is 19.5 Å². The van der Waals surface area contributed by atoms with Crippen LogP contribution in [0.25, 0.3) is 0 Å². The van der Waals surface area contributed by atoms with E-state index >= 15 is 0 Å². The van der Waals surface area contributed by atoms with E-state index in [1.165, 1.54) is 19.2 Å². The van der Waals surface area contributed by atoms with Crippen LogP contribution in [0.1, 0.15) is 29.7 Å². The monoisotopic (exact) mass is 369 g/mol. The zero-order valence-corrected chi connectivity index (χ0v) is 15.1. The molecule has 0 aliphatic rings. The first-order chi connectivity index (χ1) is 12.3. The molecule has 0 amide bonds. The van der Waals surface area contributed by atoms with Crippen molar-refractivity contribution in [3.05, 3.63) is 53.1 Å². The Balaban J connectivity index is 2.11. The van der Waals surface area contributed by atoms with Crippen LogP contribution in [-0.2, 0) is 12.7 Å². The Morgan fingerprint density at radius 1 is 0.923 bits per heavy atom. The quantitative estimate of drug-likeness (QED) is 0.775. The van der Waals surface area contributed by atoms with Crippen molar-refractivity contribution in [2.24, 2.45) is 0 Å². The van der Waals surface area contributed by atoms with Crippen molar-refractivity contribution < 1.29 is 27.4 Å². The number of halogens is 3. The molecule has 0 radical (unpaired) electrons. The van der Waals surface area contributed by atoms with Gasteiger partial charge in [-0.3, -0.25) is 0 Å². The molecule has 2 aromatic carbocycles. The van der Waals surface area contributed by atoms with Crippen LogP contribution in [0.4, 0.5) is 13.2 Å². The van der Waals surface area contributed by atoms with Crippen molar-refractivity contribution in [3.8, 4) is 17.2 Å². The minimum atomic E-state index is -4.32. The molecule has 0 bridgehead atoms. The van der Waals surface area contributed by atoms with E-state index in [-0.39, 0.29) is 6.04 Å². The molecule has 26 heavy (non-hydrogen) atoms. The zero-order chi connectivity index (χ0) is 19.3. The first-order valence-electron chi connectivity index (χ1n) is 7.99. The molecule has 1 atom stereocenters. The molecule has 0 aromatic heterocycles. The summed E-state index contributed by atoms with van der Waals surface area (Å²) in [5, 5.41) is 3.28. The van der Waals surface area contributed by atoms with Crippen molar-refractivity contribution in [2.45, 2.75) is 25.7 Å². The maximum Gasteiger partial charge on any atom is 0.416 e. The van der Waals surface area contributed by atoms with Crippen LogP contribution in [0.5, 0.6) is 17.2 Å². The van der Waals surface area contributed by atoms with Crippen LogP contribution in [-0.4, -0.2) is 21.3 Å². The maximum atomic E-state index is 12.6. The van der Waals surface area contributed by atoms with Crippen LogP contribution in [0, 0.1) is 0 Å². The fraction of sp³-hybridized carbons (Fsp3) is 0.368. The van der Waals surface area contributed by atoms with Crippen LogP contribution in [0.15, 0.2) is 36.4 Å². The van der Waals surface area contributed by atoms with Gasteiger partial charge in [0.15, 0.2) is 11.5 Å². The molecule has 2 aromatic rings. The normalized spacial score (nSPS) is 12.6. The van der Waals surface area contributed by atoms with Gasteiger partial charge in [0.05, 0.1) is 26.9 Å². The fourth-order valence-electron chi connectivity index (χ4n) is 2.55. The molecule has 0 saturated carbocycles. The Kier molecular flexibility index (Phi) is 6.37. The average Bonchev–Trinajstić information content (AvgIpc) is 2.64. The SMILES string of the molecule is COc1cc(C(C)NCc2ccc(C(F)(F)F)cc2)cc(OC)c1OC. The number of ether oxygens (including phenoxy) is 3. The van der Waals surface area contributed by atoms with Gasteiger partial charge in [0.25, 0.3) is 0 Å². The molecule has 0 spiro atoms. The Bertz CT molecular complexity index is 705. The lowest BCUT2D eigenvalue weighted by Crippen LogP contribution is -2.18. The number of methoxy groups -OCH3 is 3. The van der Waals surface area contributed by atoms with E-state index in [1.54, 1.807) is 14.2 Å². The van der Waals surface area contributed by atoms with Gasteiger partial charge in [-0.1, -0.05) is 12.1 Å². The smallest absolute Gasteiger partial charge is 0.416 e. The fourth-order valence-corrected chi connectivity index (χ4v) is 2.55. The molecule has 142 valence electrons. The predicted molar refractivity (Wildman–Crippen MR) is 92.8 cm³/mol. The van der Waals surface area contributed by atoms with Crippen molar-refractivity contribution >= 4 is 0 Å². The van der Waals surface area contributed by atoms with Gasteiger partial charge in [0.2, 0.25) is 5.75 Å². The highest BCUT2D eigenvalue weighted by Crippen LogP contribution is 2.39. The lowest BCUT2D eigenvalue weighted by atomic mass is 10.1. The van der Waals surface area contributed by atoms with E-state index in [9.17, 15) is 13.2 Å². The van der Waals surface area contributed by atoms with Crippen molar-refractivity contribution in [1.29, 1.82) is 0 Å². The maximum absolute atomic E-state index is 12.6. The third-order valence-corrected chi connectivity index (χ3v) is 4.08. The number of nitrogens with one attached hydrogen (secondary N) is 1. The second-order valence-electron chi connectivity index (χ2n) is 5.76. The van der Waals surface area contributed by atoms with E-state index in [0.29, 0.717) is 23.8 Å². The molecule has 0 fully saturated rings. The lowest BCUT2D eigenvalue weighted by molar-refractivity contribution is -0.137. The number of hydrogen-bond donors (Lipinski definition) is 1. The predicted octanol–water partition coefficient (Wildman–Crippen LogP) is 4.58. The summed E-state index contributed by atoms with van der Waals surface area (Å²) in [4.78, 5) is 0. The van der Waals surface area contributed by atoms with E-state index in [4.69, 9.17) is 14.2 Å². The summed E-state index contributed by atoms with van der Waals surface area (Å²) in [6, 6.07) is 8.71. The Labute approximate surface area is 150 Å². The molecular formula is C19H22F3NO3. The van der Waals surface area contributed by atoms with Gasteiger partial charge in [-0.2, -0.15) is 13.2 Å². The summed E-state index contributed by atoms with van der Waals surface area (Å²) in [6.07, 6.45) is -4.32. The molecule has 7 heteroatoms. The summed E-state index contributed by atoms with van der Waals surface area (Å²) >= 11 is 0. The molecule has 0 heterocycles. The molecule has 4 nitrogen and oxygen atoms in total. The Hall–Kier alpha value is -2.41. The summed E-state index contributed by atoms with van der Waals surface area (Å²) in [6.45, 7) is 2.38. The summed E-state index contributed by atoms with van der Waals surface area (Å²) < 4.78 is 53.8. The topological polar surface area (TPSA) is 39.7 Å². The minimum absolute atomic E-state index is 0.0778. The summed E-state index contributed by atoms with van der Waals surface area (Å²) in [5.74, 6) is 1.60. The first-order valence-corrected chi connectivity index (χ1v) is 7.99. The first kappa shape index (κ1) is 19.9. The molecule has 0 aliphatic heterocycles. The molecule has 0 aliphatic carbocycles. The summed E-state index contributed by atoms with van der Waals surface area (Å²) in [5.41, 5.74) is 1.02. The second kappa shape index (κ2) is 8.31. The van der Waals surface area contributed by atoms with Crippen molar-refractivity contribution in [2.75, 3.05) is 21.3 Å². The van der Waals surface area contributed by atoms with Crippen LogP contribution in [0.3, 0.4) is 0 Å². The third kappa shape index (κ3) is 4.60. The van der Waals surface area contributed by atoms with Crippen LogP contribution < -0.4 is 19.5 Å². The third-order valence-electron chi connectivity index (χ3n) is 4.08. The molecule has 1 unspecified atom stereocenters. The Morgan fingerprint density at radius 2 is 1.46 bits per heavy atom. The van der Waals surface area contributed by atoms with E-state index in [2.05, 4.69) is 5.32 Å². The van der Waals surface area contributed by atoms with Gasteiger partial charge in [-0.15, -0.1) is 0 Å². The molecule has 0 saturated heterocycles. The number of benzene rings is 2. The van der Waals surface area contributed by atoms with E-state index in [1.807, 2.05) is 19.1 Å². The molecule has 1 N–H and O–H groups in total. The summed E-state index contributed by atoms with van der Waals surface area (Å²) in [7, 11) is 4.62. The van der Waals surface area contributed by atoms with Gasteiger partial charge in [0, 0.05) is 12.6 Å². The molecule has 2 rings (SSSR count). The van der Waals surface area contributed by atoms with Crippen LogP contribution in [0.2, 0.25) is 0 Å². The average molecular weight is 369 g/mol. The number of alkyl halides is 3. The van der Waals surface area contributed by atoms with Crippen molar-refractivity contribution in [1.82, 2.24) is 5.32 Å². The number of hydrogen-bond acceptors (Lipinski definition) is 4. The van der Waals surface area contributed by atoms with Gasteiger partial charge in [-0.05, 0) is 42.3 Å². The van der Waals surface area contributed by atoms with E-state index < -0.39 is 11.7 Å².